The molecule has 0 saturated carbocycles. The Morgan fingerprint density at radius 2 is 1.70 bits per heavy atom. The summed E-state index contributed by atoms with van der Waals surface area (Å²) >= 11 is 0. The molecule has 0 saturated heterocycles. The van der Waals surface area contributed by atoms with Gasteiger partial charge < -0.3 is 10.6 Å². The summed E-state index contributed by atoms with van der Waals surface area (Å²) in [4.78, 5) is 9.04. The molecule has 1 heterocycles. The summed E-state index contributed by atoms with van der Waals surface area (Å²) < 4.78 is 0. The number of nitrogens with zero attached hydrogens (tertiary/aromatic N) is 2. The van der Waals surface area contributed by atoms with Crippen LogP contribution in [-0.2, 0) is 0 Å². The van der Waals surface area contributed by atoms with Gasteiger partial charge >= 0.3 is 0 Å². The summed E-state index contributed by atoms with van der Waals surface area (Å²) in [6.45, 7) is 11.6. The van der Waals surface area contributed by atoms with E-state index in [-0.39, 0.29) is 0 Å². The molecule has 4 nitrogen and oxygen atoms in total. The fraction of sp³-hybridized carbons (Fsp3) is 0.750. The number of hydrogen-bond acceptors (Lipinski definition) is 4. The van der Waals surface area contributed by atoms with Crippen molar-refractivity contribution in [2.24, 2.45) is 0 Å². The summed E-state index contributed by atoms with van der Waals surface area (Å²) in [5, 5.41) is 6.91. The van der Waals surface area contributed by atoms with Crippen LogP contribution in [0, 0.1) is 13.8 Å². The first-order valence-corrected chi connectivity index (χ1v) is 7.94. The van der Waals surface area contributed by atoms with Gasteiger partial charge in [0.15, 0.2) is 0 Å². The van der Waals surface area contributed by atoms with E-state index < -0.39 is 0 Å². The first-order chi connectivity index (χ1) is 9.58. The minimum Gasteiger partial charge on any atom is -0.370 e. The van der Waals surface area contributed by atoms with Crippen LogP contribution >= 0.6 is 0 Å². The van der Waals surface area contributed by atoms with E-state index in [1.165, 1.54) is 25.7 Å². The molecule has 0 aliphatic heterocycles. The van der Waals surface area contributed by atoms with Crippen molar-refractivity contribution < 1.29 is 0 Å². The summed E-state index contributed by atoms with van der Waals surface area (Å²) in [6, 6.07) is 0.452. The number of aromatic nitrogens is 2. The monoisotopic (exact) mass is 278 g/mol. The largest absolute Gasteiger partial charge is 0.370 e. The molecule has 0 aromatic carbocycles. The second-order valence-corrected chi connectivity index (χ2v) is 5.56. The van der Waals surface area contributed by atoms with Gasteiger partial charge in [-0.25, -0.2) is 9.97 Å². The lowest BCUT2D eigenvalue weighted by Gasteiger charge is -2.18. The van der Waals surface area contributed by atoms with Gasteiger partial charge in [-0.15, -0.1) is 0 Å². The normalized spacial score (nSPS) is 12.2. The van der Waals surface area contributed by atoms with E-state index in [0.717, 1.165) is 36.0 Å². The van der Waals surface area contributed by atoms with Crippen molar-refractivity contribution in [2.75, 3.05) is 17.2 Å². The lowest BCUT2D eigenvalue weighted by atomic mass is 10.1. The molecule has 1 aromatic heterocycles. The molecule has 114 valence electrons. The van der Waals surface area contributed by atoms with Crippen molar-refractivity contribution in [3.05, 3.63) is 11.4 Å². The Morgan fingerprint density at radius 3 is 2.35 bits per heavy atom. The molecule has 1 unspecified atom stereocenters. The maximum atomic E-state index is 4.55. The molecule has 0 amide bonds. The van der Waals surface area contributed by atoms with Gasteiger partial charge in [0.25, 0.3) is 0 Å². The lowest BCUT2D eigenvalue weighted by Crippen LogP contribution is -2.18. The highest BCUT2D eigenvalue weighted by molar-refractivity contribution is 5.57. The van der Waals surface area contributed by atoms with E-state index in [9.17, 15) is 0 Å². The van der Waals surface area contributed by atoms with Gasteiger partial charge in [-0.3, -0.25) is 0 Å². The SMILES string of the molecule is CCCCCC(C)Nc1nc(C)nc(NCCC)c1C. The molecule has 0 aliphatic carbocycles. The molecule has 0 aliphatic rings. The number of unbranched alkanes of at least 4 members (excludes halogenated alkanes) is 2. The van der Waals surface area contributed by atoms with Gasteiger partial charge in [0.05, 0.1) is 0 Å². The Hall–Kier alpha value is -1.32. The molecular weight excluding hydrogens is 248 g/mol. The maximum absolute atomic E-state index is 4.55. The highest BCUT2D eigenvalue weighted by Gasteiger charge is 2.11. The second-order valence-electron chi connectivity index (χ2n) is 5.56. The topological polar surface area (TPSA) is 49.8 Å². The maximum Gasteiger partial charge on any atom is 0.134 e. The highest BCUT2D eigenvalue weighted by Crippen LogP contribution is 2.21. The van der Waals surface area contributed by atoms with Crippen LogP contribution in [0.3, 0.4) is 0 Å². The molecule has 0 radical (unpaired) electrons. The average Bonchev–Trinajstić information content (AvgIpc) is 2.41. The van der Waals surface area contributed by atoms with Crippen LogP contribution in [0.2, 0.25) is 0 Å². The van der Waals surface area contributed by atoms with Gasteiger partial charge in [0, 0.05) is 18.2 Å². The number of anilines is 2. The van der Waals surface area contributed by atoms with E-state index in [4.69, 9.17) is 0 Å². The van der Waals surface area contributed by atoms with Crippen LogP contribution in [0.15, 0.2) is 0 Å². The lowest BCUT2D eigenvalue weighted by molar-refractivity contribution is 0.613. The summed E-state index contributed by atoms with van der Waals surface area (Å²) in [7, 11) is 0. The van der Waals surface area contributed by atoms with Gasteiger partial charge in [0.1, 0.15) is 17.5 Å². The fourth-order valence-electron chi connectivity index (χ4n) is 2.19. The fourth-order valence-corrected chi connectivity index (χ4v) is 2.19. The van der Waals surface area contributed by atoms with E-state index in [1.807, 2.05) is 6.92 Å². The van der Waals surface area contributed by atoms with Crippen LogP contribution in [-0.4, -0.2) is 22.6 Å². The average molecular weight is 278 g/mol. The smallest absolute Gasteiger partial charge is 0.134 e. The number of rotatable bonds is 9. The highest BCUT2D eigenvalue weighted by atomic mass is 15.1. The molecule has 20 heavy (non-hydrogen) atoms. The summed E-state index contributed by atoms with van der Waals surface area (Å²) in [5.74, 6) is 2.75. The molecule has 1 aromatic rings. The number of aryl methyl sites for hydroxylation is 1. The minimum absolute atomic E-state index is 0.452. The van der Waals surface area contributed by atoms with Crippen LogP contribution in [0.4, 0.5) is 11.6 Å². The van der Waals surface area contributed by atoms with Gasteiger partial charge in [-0.2, -0.15) is 0 Å². The minimum atomic E-state index is 0.452. The summed E-state index contributed by atoms with van der Waals surface area (Å²) in [6.07, 6.45) is 6.13. The zero-order valence-electron chi connectivity index (χ0n) is 13.7. The Kier molecular flexibility index (Phi) is 7.34. The third-order valence-electron chi connectivity index (χ3n) is 3.42. The van der Waals surface area contributed by atoms with Crippen molar-refractivity contribution in [3.8, 4) is 0 Å². The van der Waals surface area contributed by atoms with Crippen molar-refractivity contribution >= 4 is 11.6 Å². The van der Waals surface area contributed by atoms with Crippen LogP contribution in [0.5, 0.6) is 0 Å². The Balaban J connectivity index is 2.70. The van der Waals surface area contributed by atoms with Crippen molar-refractivity contribution in [1.29, 1.82) is 0 Å². The van der Waals surface area contributed by atoms with Crippen LogP contribution in [0.25, 0.3) is 0 Å². The van der Waals surface area contributed by atoms with E-state index in [0.29, 0.717) is 6.04 Å². The van der Waals surface area contributed by atoms with Gasteiger partial charge in [-0.05, 0) is 33.6 Å². The van der Waals surface area contributed by atoms with Crippen molar-refractivity contribution in [3.63, 3.8) is 0 Å². The zero-order valence-corrected chi connectivity index (χ0v) is 13.7. The number of hydrogen-bond donors (Lipinski definition) is 2. The number of nitrogens with one attached hydrogen (secondary N) is 2. The Morgan fingerprint density at radius 1 is 1.00 bits per heavy atom. The van der Waals surface area contributed by atoms with Gasteiger partial charge in [-0.1, -0.05) is 33.1 Å². The predicted octanol–water partition coefficient (Wildman–Crippen LogP) is 4.30. The Labute approximate surface area is 123 Å². The van der Waals surface area contributed by atoms with E-state index in [1.54, 1.807) is 0 Å². The molecule has 2 N–H and O–H groups in total. The van der Waals surface area contributed by atoms with Crippen LogP contribution < -0.4 is 10.6 Å². The first kappa shape index (κ1) is 16.7. The van der Waals surface area contributed by atoms with Gasteiger partial charge in [0.2, 0.25) is 0 Å². The molecular formula is C16H30N4. The van der Waals surface area contributed by atoms with Crippen molar-refractivity contribution in [2.45, 2.75) is 72.8 Å². The first-order valence-electron chi connectivity index (χ1n) is 7.94. The molecule has 1 rings (SSSR count). The molecule has 4 heteroatoms. The molecule has 0 fully saturated rings. The van der Waals surface area contributed by atoms with Crippen LogP contribution in [0.1, 0.15) is 64.3 Å². The van der Waals surface area contributed by atoms with E-state index in [2.05, 4.69) is 48.3 Å². The third-order valence-corrected chi connectivity index (χ3v) is 3.42. The Bertz CT molecular complexity index is 404. The predicted molar refractivity (Wildman–Crippen MR) is 87.5 cm³/mol. The van der Waals surface area contributed by atoms with Crippen molar-refractivity contribution in [1.82, 2.24) is 9.97 Å². The zero-order chi connectivity index (χ0) is 15.0. The second kappa shape index (κ2) is 8.77. The third kappa shape index (κ3) is 5.35. The molecule has 1 atom stereocenters. The molecule has 0 spiro atoms. The van der Waals surface area contributed by atoms with E-state index >= 15 is 0 Å². The summed E-state index contributed by atoms with van der Waals surface area (Å²) in [5.41, 5.74) is 1.12. The molecule has 0 bridgehead atoms. The quantitative estimate of drug-likeness (QED) is 0.661. The standard InChI is InChI=1S/C16H30N4/c1-6-8-9-10-12(3)18-16-13(4)15(17-11-7-2)19-14(5)20-16/h12H,6-11H2,1-5H3,(H2,17,18,19,20).